The second-order valence-electron chi connectivity index (χ2n) is 4.10. The first-order valence-electron chi connectivity index (χ1n) is 4.89. The van der Waals surface area contributed by atoms with Gasteiger partial charge in [0.2, 0.25) is 0 Å². The molecule has 0 aromatic carbocycles. The molecule has 0 amide bonds. The maximum Gasteiger partial charge on any atom is 0.0901 e. The SMILES string of the molecule is CCC(C(N)=S)N(C)C(C)(C)CC. The quantitative estimate of drug-likeness (QED) is 0.693. The largest absolute Gasteiger partial charge is 0.392 e. The van der Waals surface area contributed by atoms with E-state index in [1.54, 1.807) is 0 Å². The first-order chi connectivity index (χ1) is 5.86. The van der Waals surface area contributed by atoms with Gasteiger partial charge in [-0.15, -0.1) is 0 Å². The smallest absolute Gasteiger partial charge is 0.0901 e. The van der Waals surface area contributed by atoms with E-state index in [-0.39, 0.29) is 11.6 Å². The lowest BCUT2D eigenvalue weighted by atomic mass is 9.97. The summed E-state index contributed by atoms with van der Waals surface area (Å²) in [6.45, 7) is 8.73. The highest BCUT2D eigenvalue weighted by Gasteiger charge is 2.28. The highest BCUT2D eigenvalue weighted by atomic mass is 32.1. The van der Waals surface area contributed by atoms with Crippen molar-refractivity contribution in [2.24, 2.45) is 5.73 Å². The van der Waals surface area contributed by atoms with Crippen molar-refractivity contribution in [3.8, 4) is 0 Å². The van der Waals surface area contributed by atoms with Gasteiger partial charge in [-0.2, -0.15) is 0 Å². The normalized spacial score (nSPS) is 14.6. The summed E-state index contributed by atoms with van der Waals surface area (Å²) in [5, 5.41) is 0. The van der Waals surface area contributed by atoms with E-state index in [1.807, 2.05) is 0 Å². The topological polar surface area (TPSA) is 29.3 Å². The molecule has 0 aliphatic carbocycles. The van der Waals surface area contributed by atoms with Gasteiger partial charge in [0.05, 0.1) is 11.0 Å². The van der Waals surface area contributed by atoms with Gasteiger partial charge < -0.3 is 5.73 Å². The van der Waals surface area contributed by atoms with Crippen LogP contribution >= 0.6 is 12.2 Å². The second kappa shape index (κ2) is 4.91. The van der Waals surface area contributed by atoms with Crippen molar-refractivity contribution in [2.45, 2.75) is 52.1 Å². The number of hydrogen-bond donors (Lipinski definition) is 1. The Bertz CT molecular complexity index is 178. The van der Waals surface area contributed by atoms with Crippen LogP contribution in [0.1, 0.15) is 40.5 Å². The van der Waals surface area contributed by atoms with E-state index >= 15 is 0 Å². The van der Waals surface area contributed by atoms with Gasteiger partial charge in [0.1, 0.15) is 0 Å². The third-order valence-corrected chi connectivity index (χ3v) is 3.27. The number of hydrogen-bond acceptors (Lipinski definition) is 2. The summed E-state index contributed by atoms with van der Waals surface area (Å²) in [6, 6.07) is 0.227. The second-order valence-corrected chi connectivity index (χ2v) is 4.57. The highest BCUT2D eigenvalue weighted by Crippen LogP contribution is 2.20. The van der Waals surface area contributed by atoms with Gasteiger partial charge in [0, 0.05) is 5.54 Å². The van der Waals surface area contributed by atoms with Crippen molar-refractivity contribution in [2.75, 3.05) is 7.05 Å². The van der Waals surface area contributed by atoms with E-state index in [2.05, 4.69) is 39.6 Å². The van der Waals surface area contributed by atoms with E-state index in [1.165, 1.54) is 0 Å². The summed E-state index contributed by atoms with van der Waals surface area (Å²) in [7, 11) is 2.09. The minimum absolute atomic E-state index is 0.171. The molecule has 1 unspecified atom stereocenters. The summed E-state index contributed by atoms with van der Waals surface area (Å²) in [5.74, 6) is 0. The molecule has 0 spiro atoms. The van der Waals surface area contributed by atoms with Gasteiger partial charge in [-0.25, -0.2) is 0 Å². The molecule has 0 aromatic heterocycles. The number of nitrogens with two attached hydrogens (primary N) is 1. The van der Waals surface area contributed by atoms with Gasteiger partial charge in [-0.05, 0) is 33.7 Å². The minimum Gasteiger partial charge on any atom is -0.392 e. The van der Waals surface area contributed by atoms with Crippen LogP contribution in [-0.2, 0) is 0 Å². The fraction of sp³-hybridized carbons (Fsp3) is 0.900. The summed E-state index contributed by atoms with van der Waals surface area (Å²) >= 11 is 5.05. The van der Waals surface area contributed by atoms with Crippen LogP contribution in [-0.4, -0.2) is 28.5 Å². The van der Waals surface area contributed by atoms with Gasteiger partial charge in [-0.1, -0.05) is 26.1 Å². The fourth-order valence-corrected chi connectivity index (χ4v) is 1.66. The van der Waals surface area contributed by atoms with Gasteiger partial charge in [0.25, 0.3) is 0 Å². The molecule has 0 fully saturated rings. The van der Waals surface area contributed by atoms with E-state index in [0.717, 1.165) is 12.8 Å². The molecule has 1 atom stereocenters. The van der Waals surface area contributed by atoms with Crippen molar-refractivity contribution in [3.05, 3.63) is 0 Å². The molecule has 78 valence electrons. The minimum atomic E-state index is 0.171. The van der Waals surface area contributed by atoms with E-state index in [4.69, 9.17) is 18.0 Å². The molecule has 2 nitrogen and oxygen atoms in total. The lowest BCUT2D eigenvalue weighted by Crippen LogP contribution is -2.51. The van der Waals surface area contributed by atoms with Crippen LogP contribution in [0.15, 0.2) is 0 Å². The Morgan fingerprint density at radius 2 is 1.92 bits per heavy atom. The zero-order valence-electron chi connectivity index (χ0n) is 9.42. The van der Waals surface area contributed by atoms with Crippen LogP contribution in [0.3, 0.4) is 0 Å². The van der Waals surface area contributed by atoms with Crippen molar-refractivity contribution in [3.63, 3.8) is 0 Å². The van der Waals surface area contributed by atoms with Gasteiger partial charge in [-0.3, -0.25) is 4.90 Å². The molecule has 0 rings (SSSR count). The maximum atomic E-state index is 5.69. The molecule has 0 bridgehead atoms. The molecule has 0 aliphatic rings. The molecular weight excluding hydrogens is 180 g/mol. The maximum absolute atomic E-state index is 5.69. The molecule has 3 heteroatoms. The fourth-order valence-electron chi connectivity index (χ4n) is 1.34. The summed E-state index contributed by atoms with van der Waals surface area (Å²) in [6.07, 6.45) is 2.08. The number of nitrogens with zero attached hydrogens (tertiary/aromatic N) is 1. The molecule has 0 saturated heterocycles. The average Bonchev–Trinajstić information content (AvgIpc) is 2.05. The Labute approximate surface area is 87.5 Å². The zero-order valence-corrected chi connectivity index (χ0v) is 10.2. The van der Waals surface area contributed by atoms with Crippen molar-refractivity contribution < 1.29 is 0 Å². The van der Waals surface area contributed by atoms with Crippen LogP contribution in [0, 0.1) is 0 Å². The van der Waals surface area contributed by atoms with E-state index in [0.29, 0.717) is 4.99 Å². The summed E-state index contributed by atoms with van der Waals surface area (Å²) < 4.78 is 0. The Balaban J connectivity index is 4.54. The van der Waals surface area contributed by atoms with Crippen LogP contribution in [0.25, 0.3) is 0 Å². The summed E-state index contributed by atoms with van der Waals surface area (Å²) in [4.78, 5) is 2.88. The van der Waals surface area contributed by atoms with E-state index < -0.39 is 0 Å². The molecule has 0 aromatic rings. The lowest BCUT2D eigenvalue weighted by molar-refractivity contribution is 0.126. The molecule has 0 aliphatic heterocycles. The standard InChI is InChI=1S/C10H22N2S/c1-6-8(9(11)13)12(5)10(3,4)7-2/h8H,6-7H2,1-5H3,(H2,11,13). The Kier molecular flexibility index (Phi) is 4.86. The summed E-state index contributed by atoms with van der Waals surface area (Å²) in [5.41, 5.74) is 5.86. The average molecular weight is 202 g/mol. The van der Waals surface area contributed by atoms with Crippen LogP contribution in [0.5, 0.6) is 0 Å². The molecule has 0 heterocycles. The lowest BCUT2D eigenvalue weighted by Gasteiger charge is -2.40. The Morgan fingerprint density at radius 3 is 2.15 bits per heavy atom. The molecule has 0 saturated carbocycles. The van der Waals surface area contributed by atoms with Gasteiger partial charge >= 0.3 is 0 Å². The molecule has 2 N–H and O–H groups in total. The van der Waals surface area contributed by atoms with Crippen molar-refractivity contribution >= 4 is 17.2 Å². The Hall–Kier alpha value is -0.150. The zero-order chi connectivity index (χ0) is 10.6. The van der Waals surface area contributed by atoms with Crippen LogP contribution in [0.4, 0.5) is 0 Å². The first-order valence-corrected chi connectivity index (χ1v) is 5.29. The highest BCUT2D eigenvalue weighted by molar-refractivity contribution is 7.80. The molecule has 0 radical (unpaired) electrons. The van der Waals surface area contributed by atoms with E-state index in [9.17, 15) is 0 Å². The first kappa shape index (κ1) is 12.8. The third-order valence-electron chi connectivity index (χ3n) is 3.00. The van der Waals surface area contributed by atoms with Gasteiger partial charge in [0.15, 0.2) is 0 Å². The Morgan fingerprint density at radius 1 is 1.46 bits per heavy atom. The monoisotopic (exact) mass is 202 g/mol. The number of thiocarbonyl (C=S) groups is 1. The van der Waals surface area contributed by atoms with Crippen molar-refractivity contribution in [1.82, 2.24) is 4.90 Å². The molecular formula is C10H22N2S. The van der Waals surface area contributed by atoms with Crippen LogP contribution in [0.2, 0.25) is 0 Å². The third kappa shape index (κ3) is 3.24. The van der Waals surface area contributed by atoms with Crippen LogP contribution < -0.4 is 5.73 Å². The predicted molar refractivity (Wildman–Crippen MR) is 63.0 cm³/mol. The predicted octanol–water partition coefficient (Wildman–Crippen LogP) is 2.17. The number of likely N-dealkylation sites (N-methyl/N-ethyl adjacent to an activating group) is 1. The van der Waals surface area contributed by atoms with Crippen molar-refractivity contribution in [1.29, 1.82) is 0 Å². The molecule has 13 heavy (non-hydrogen) atoms. The number of rotatable bonds is 5.